The quantitative estimate of drug-likeness (QED) is 0.157. The lowest BCUT2D eigenvalue weighted by Crippen LogP contribution is -2.12. The Morgan fingerprint density at radius 2 is 0.486 bits per heavy atom. The molecule has 0 radical (unpaired) electrons. The summed E-state index contributed by atoms with van der Waals surface area (Å²) in [6, 6.07) is 82.1. The molecule has 70 heavy (non-hydrogen) atoms. The van der Waals surface area contributed by atoms with Crippen molar-refractivity contribution in [2.45, 2.75) is 27.7 Å². The minimum Gasteiger partial charge on any atom is -0.309 e. The van der Waals surface area contributed by atoms with Crippen molar-refractivity contribution in [1.82, 2.24) is 0 Å². The van der Waals surface area contributed by atoms with E-state index in [1.165, 1.54) is 132 Å². The molecule has 0 saturated heterocycles. The molecule has 330 valence electrons. The first-order valence-corrected chi connectivity index (χ1v) is 24.5. The Kier molecular flexibility index (Phi) is 8.88. The summed E-state index contributed by atoms with van der Waals surface area (Å²) in [7, 11) is 0. The van der Waals surface area contributed by atoms with Crippen LogP contribution in [0.2, 0.25) is 0 Å². The average molecular weight is 893 g/mol. The molecule has 0 unspecified atom stereocenters. The standard InChI is InChI=1S/C68H48N2/c1-41-35-42(2)38-45(37-41)69(65-33-29-59-51-19-7-5-17-49(51)57-23-13-25-61(65)67(57)59)63-31-27-53(47-15-9-11-21-55(47)63)54-28-32-64(56-22-12-10-16-48(54)56)70(46-39-43(3)36-44(4)40-46)66-34-30-60-52-20-8-6-18-50(52)58-24-14-26-62(66)68(58)60/h5-40H,1-4H3. The molecule has 0 atom stereocenters. The van der Waals surface area contributed by atoms with E-state index in [9.17, 15) is 0 Å². The van der Waals surface area contributed by atoms with Gasteiger partial charge in [-0.3, -0.25) is 0 Å². The van der Waals surface area contributed by atoms with E-state index in [4.69, 9.17) is 0 Å². The lowest BCUT2D eigenvalue weighted by molar-refractivity contribution is 1.27. The second kappa shape index (κ2) is 15.4. The normalized spacial score (nSPS) is 12.0. The Balaban J connectivity index is 0.975. The topological polar surface area (TPSA) is 6.48 Å². The molecule has 0 heterocycles. The molecule has 0 spiro atoms. The average Bonchev–Trinajstić information content (AvgIpc) is 3.89. The summed E-state index contributed by atoms with van der Waals surface area (Å²) in [6.45, 7) is 8.83. The maximum Gasteiger partial charge on any atom is 0.0540 e. The molecule has 0 bridgehead atoms. The minimum atomic E-state index is 1.15. The van der Waals surface area contributed by atoms with Crippen molar-refractivity contribution in [2.24, 2.45) is 0 Å². The first kappa shape index (κ1) is 40.4. The monoisotopic (exact) mass is 892 g/mol. The molecule has 12 aromatic carbocycles. The van der Waals surface area contributed by atoms with E-state index in [0.717, 1.165) is 22.7 Å². The summed E-state index contributed by atoms with van der Waals surface area (Å²) in [5, 5.41) is 9.96. The fourth-order valence-electron chi connectivity index (χ4n) is 12.4. The van der Waals surface area contributed by atoms with Crippen LogP contribution in [0.25, 0.3) is 98.7 Å². The van der Waals surface area contributed by atoms with Gasteiger partial charge in [-0.25, -0.2) is 0 Å². The van der Waals surface area contributed by atoms with E-state index in [1.54, 1.807) is 0 Å². The summed E-state index contributed by atoms with van der Waals surface area (Å²) >= 11 is 0. The Bertz CT molecular complexity index is 3820. The third kappa shape index (κ3) is 5.99. The smallest absolute Gasteiger partial charge is 0.0540 e. The maximum absolute atomic E-state index is 2.51. The van der Waals surface area contributed by atoms with Gasteiger partial charge in [0.05, 0.1) is 22.7 Å². The predicted molar refractivity (Wildman–Crippen MR) is 299 cm³/mol. The van der Waals surface area contributed by atoms with Crippen LogP contribution in [0.5, 0.6) is 0 Å². The highest BCUT2D eigenvalue weighted by Gasteiger charge is 2.28. The number of nitrogens with zero attached hydrogens (tertiary/aromatic N) is 2. The molecule has 0 fully saturated rings. The van der Waals surface area contributed by atoms with Gasteiger partial charge in [0.15, 0.2) is 0 Å². The number of rotatable bonds is 7. The van der Waals surface area contributed by atoms with Gasteiger partial charge in [0.25, 0.3) is 0 Å². The predicted octanol–water partition coefficient (Wildman–Crippen LogP) is 19.4. The zero-order valence-electron chi connectivity index (χ0n) is 39.7. The van der Waals surface area contributed by atoms with Crippen LogP contribution in [0.3, 0.4) is 0 Å². The third-order valence-corrected chi connectivity index (χ3v) is 15.0. The molecule has 0 amide bonds. The molecule has 14 rings (SSSR count). The summed E-state index contributed by atoms with van der Waals surface area (Å²) in [5.41, 5.74) is 24.7. The van der Waals surface area contributed by atoms with Gasteiger partial charge in [-0.15, -0.1) is 0 Å². The molecule has 2 aliphatic rings. The van der Waals surface area contributed by atoms with E-state index >= 15 is 0 Å². The Hall–Kier alpha value is -8.72. The largest absolute Gasteiger partial charge is 0.309 e. The van der Waals surface area contributed by atoms with Crippen molar-refractivity contribution in [3.8, 4) is 55.6 Å². The zero-order valence-corrected chi connectivity index (χ0v) is 39.7. The number of hydrogen-bond acceptors (Lipinski definition) is 2. The van der Waals surface area contributed by atoms with E-state index < -0.39 is 0 Å². The molecule has 2 heteroatoms. The fraction of sp³-hybridized carbons (Fsp3) is 0.0588. The molecule has 12 aromatic rings. The number of anilines is 6. The van der Waals surface area contributed by atoms with Crippen molar-refractivity contribution in [3.63, 3.8) is 0 Å². The van der Waals surface area contributed by atoms with Gasteiger partial charge >= 0.3 is 0 Å². The summed E-state index contributed by atoms with van der Waals surface area (Å²) in [6.07, 6.45) is 0. The van der Waals surface area contributed by atoms with Crippen LogP contribution >= 0.6 is 0 Å². The third-order valence-electron chi connectivity index (χ3n) is 15.0. The Labute approximate surface area is 409 Å². The number of benzene rings is 12. The van der Waals surface area contributed by atoms with Gasteiger partial charge in [-0.05, 0) is 176 Å². The van der Waals surface area contributed by atoms with Crippen molar-refractivity contribution in [2.75, 3.05) is 9.80 Å². The van der Waals surface area contributed by atoms with Gasteiger partial charge < -0.3 is 9.80 Å². The molecule has 0 N–H and O–H groups in total. The second-order valence-electron chi connectivity index (χ2n) is 19.5. The Morgan fingerprint density at radius 3 is 0.857 bits per heavy atom. The highest BCUT2D eigenvalue weighted by atomic mass is 15.2. The van der Waals surface area contributed by atoms with Crippen molar-refractivity contribution in [3.05, 3.63) is 241 Å². The van der Waals surface area contributed by atoms with E-state index in [-0.39, 0.29) is 0 Å². The van der Waals surface area contributed by atoms with Gasteiger partial charge in [-0.2, -0.15) is 0 Å². The minimum absolute atomic E-state index is 1.15. The number of fused-ring (bicyclic) bond motifs is 8. The van der Waals surface area contributed by atoms with Gasteiger partial charge in [-0.1, -0.05) is 170 Å². The highest BCUT2D eigenvalue weighted by Crippen LogP contribution is 2.54. The first-order valence-electron chi connectivity index (χ1n) is 24.5. The van der Waals surface area contributed by atoms with E-state index in [0.29, 0.717) is 0 Å². The Morgan fingerprint density at radius 1 is 0.214 bits per heavy atom. The van der Waals surface area contributed by atoms with Crippen LogP contribution in [0, 0.1) is 27.7 Å². The molecular formula is C68H48N2. The van der Waals surface area contributed by atoms with Crippen LogP contribution in [0.1, 0.15) is 22.3 Å². The van der Waals surface area contributed by atoms with Crippen molar-refractivity contribution >= 4 is 77.2 Å². The fourth-order valence-corrected chi connectivity index (χ4v) is 12.4. The summed E-state index contributed by atoms with van der Waals surface area (Å²) < 4.78 is 0. The zero-order chi connectivity index (χ0) is 46.8. The van der Waals surface area contributed by atoms with Crippen LogP contribution in [0.4, 0.5) is 34.1 Å². The van der Waals surface area contributed by atoms with Gasteiger partial charge in [0.1, 0.15) is 0 Å². The number of aryl methyl sites for hydroxylation is 4. The van der Waals surface area contributed by atoms with Gasteiger partial charge in [0, 0.05) is 32.9 Å². The van der Waals surface area contributed by atoms with Crippen LogP contribution in [0.15, 0.2) is 218 Å². The summed E-state index contributed by atoms with van der Waals surface area (Å²) in [5.74, 6) is 0. The lowest BCUT2D eigenvalue weighted by Gasteiger charge is -2.30. The maximum atomic E-state index is 2.51. The molecule has 0 aliphatic heterocycles. The molecule has 2 nitrogen and oxygen atoms in total. The second-order valence-corrected chi connectivity index (χ2v) is 19.5. The van der Waals surface area contributed by atoms with Crippen LogP contribution < -0.4 is 9.80 Å². The van der Waals surface area contributed by atoms with Crippen molar-refractivity contribution < 1.29 is 0 Å². The van der Waals surface area contributed by atoms with Gasteiger partial charge in [0.2, 0.25) is 0 Å². The van der Waals surface area contributed by atoms with Crippen molar-refractivity contribution in [1.29, 1.82) is 0 Å². The first-order chi connectivity index (χ1) is 34.4. The molecule has 0 saturated carbocycles. The van der Waals surface area contributed by atoms with E-state index in [2.05, 4.69) is 256 Å². The molecule has 0 aromatic heterocycles. The molecule has 2 aliphatic carbocycles. The lowest BCUT2D eigenvalue weighted by atomic mass is 9.91. The van der Waals surface area contributed by atoms with Crippen LogP contribution in [-0.4, -0.2) is 0 Å². The molecular weight excluding hydrogens is 845 g/mol. The summed E-state index contributed by atoms with van der Waals surface area (Å²) in [4.78, 5) is 5.02. The number of hydrogen-bond donors (Lipinski definition) is 0. The SMILES string of the molecule is Cc1cc(C)cc(N(c2ccc(-c3ccc(N(c4cc(C)cc(C)c4)c4ccc5c6c(cccc46)-c4ccccc4-5)c4ccccc34)c3ccccc23)c2ccc3c4c(cccc24)-c2ccccc2-3)c1. The van der Waals surface area contributed by atoms with E-state index in [1.807, 2.05) is 0 Å². The highest BCUT2D eigenvalue weighted by molar-refractivity contribution is 6.22. The van der Waals surface area contributed by atoms with Crippen LogP contribution in [-0.2, 0) is 0 Å².